The van der Waals surface area contributed by atoms with Gasteiger partial charge in [0.25, 0.3) is 0 Å². The Morgan fingerprint density at radius 2 is 2.10 bits per heavy atom. The van der Waals surface area contributed by atoms with Gasteiger partial charge in [0.15, 0.2) is 12.1 Å². The quantitative estimate of drug-likeness (QED) is 0.710. The second-order valence-electron chi connectivity index (χ2n) is 4.45. The molecule has 4 rings (SSSR count). The van der Waals surface area contributed by atoms with Crippen molar-refractivity contribution >= 4 is 50.2 Å². The van der Waals surface area contributed by atoms with Crippen molar-refractivity contribution in [1.82, 2.24) is 9.55 Å². The van der Waals surface area contributed by atoms with Gasteiger partial charge >= 0.3 is 0 Å². The molecule has 1 aromatic carbocycles. The third kappa shape index (κ3) is 1.74. The molecule has 5 nitrogen and oxygen atoms in total. The molecule has 0 unspecified atom stereocenters. The molecule has 1 aliphatic rings. The number of halogens is 1. The van der Waals surface area contributed by atoms with Crippen LogP contribution in [0.2, 0.25) is 0 Å². The van der Waals surface area contributed by atoms with Gasteiger partial charge in [0, 0.05) is 0 Å². The molecule has 20 heavy (non-hydrogen) atoms. The van der Waals surface area contributed by atoms with Crippen LogP contribution in [0.4, 0.5) is 5.95 Å². The number of guanidine groups is 1. The van der Waals surface area contributed by atoms with Gasteiger partial charge in [-0.3, -0.25) is 9.88 Å². The van der Waals surface area contributed by atoms with E-state index in [-0.39, 0.29) is 6.17 Å². The molecule has 3 N–H and O–H groups in total. The third-order valence-electron chi connectivity index (χ3n) is 3.19. The van der Waals surface area contributed by atoms with E-state index in [2.05, 4.69) is 41.9 Å². The van der Waals surface area contributed by atoms with Crippen molar-refractivity contribution < 1.29 is 0 Å². The van der Waals surface area contributed by atoms with Gasteiger partial charge in [-0.25, -0.2) is 9.98 Å². The van der Waals surface area contributed by atoms with Crippen molar-refractivity contribution in [2.75, 3.05) is 5.32 Å². The molecule has 0 spiro atoms. The van der Waals surface area contributed by atoms with Crippen molar-refractivity contribution in [2.24, 2.45) is 10.7 Å². The van der Waals surface area contributed by atoms with Crippen LogP contribution in [0.25, 0.3) is 11.0 Å². The number of rotatable bonds is 1. The van der Waals surface area contributed by atoms with Gasteiger partial charge in [0.2, 0.25) is 5.95 Å². The first-order chi connectivity index (χ1) is 9.72. The maximum Gasteiger partial charge on any atom is 0.212 e. The lowest BCUT2D eigenvalue weighted by atomic mass is 10.3. The minimum atomic E-state index is -0.171. The first-order valence-electron chi connectivity index (χ1n) is 6.05. The van der Waals surface area contributed by atoms with Crippen LogP contribution >= 0.6 is 27.3 Å². The fourth-order valence-corrected chi connectivity index (χ4v) is 3.83. The summed E-state index contributed by atoms with van der Waals surface area (Å²) < 4.78 is 3.15. The highest BCUT2D eigenvalue weighted by Crippen LogP contribution is 2.36. The number of aromatic nitrogens is 2. The molecule has 1 atom stereocenters. The highest BCUT2D eigenvalue weighted by molar-refractivity contribution is 9.11. The highest BCUT2D eigenvalue weighted by atomic mass is 79.9. The second-order valence-corrected chi connectivity index (χ2v) is 6.94. The van der Waals surface area contributed by atoms with E-state index >= 15 is 0 Å². The fourth-order valence-electron chi connectivity index (χ4n) is 2.37. The molecule has 0 fully saturated rings. The van der Waals surface area contributed by atoms with Crippen LogP contribution in [-0.4, -0.2) is 15.5 Å². The fraction of sp³-hybridized carbons (Fsp3) is 0.0769. The van der Waals surface area contributed by atoms with Gasteiger partial charge in [-0.1, -0.05) is 12.1 Å². The molecule has 0 aliphatic carbocycles. The predicted octanol–water partition coefficient (Wildman–Crippen LogP) is 3.15. The molecular formula is C13H10BrN5S. The predicted molar refractivity (Wildman–Crippen MR) is 85.1 cm³/mol. The molecule has 0 radical (unpaired) electrons. The lowest BCUT2D eigenvalue weighted by molar-refractivity contribution is 0.637. The van der Waals surface area contributed by atoms with Crippen LogP contribution in [-0.2, 0) is 0 Å². The summed E-state index contributed by atoms with van der Waals surface area (Å²) in [6.45, 7) is 0. The molecule has 1 aliphatic heterocycles. The number of imidazole rings is 1. The monoisotopic (exact) mass is 347 g/mol. The number of nitrogens with one attached hydrogen (secondary N) is 1. The molecule has 3 heterocycles. The largest absolute Gasteiger partial charge is 0.370 e. The van der Waals surface area contributed by atoms with Gasteiger partial charge in [0.1, 0.15) is 0 Å². The number of hydrogen-bond acceptors (Lipinski definition) is 5. The zero-order valence-corrected chi connectivity index (χ0v) is 12.6. The Kier molecular flexibility index (Phi) is 2.58. The van der Waals surface area contributed by atoms with E-state index in [1.165, 1.54) is 0 Å². The molecule has 0 saturated heterocycles. The molecule has 0 saturated carbocycles. The number of fused-ring (bicyclic) bond motifs is 3. The van der Waals surface area contributed by atoms with Crippen molar-refractivity contribution in [3.05, 3.63) is 45.1 Å². The summed E-state index contributed by atoms with van der Waals surface area (Å²) in [6, 6.07) is 12.1. The van der Waals surface area contributed by atoms with Crippen molar-refractivity contribution in [3.63, 3.8) is 0 Å². The van der Waals surface area contributed by atoms with Crippen molar-refractivity contribution in [3.8, 4) is 0 Å². The van der Waals surface area contributed by atoms with Crippen molar-refractivity contribution in [2.45, 2.75) is 6.17 Å². The molecule has 0 amide bonds. The number of anilines is 1. The van der Waals surface area contributed by atoms with E-state index < -0.39 is 0 Å². The van der Waals surface area contributed by atoms with E-state index in [1.54, 1.807) is 11.3 Å². The first kappa shape index (κ1) is 11.9. The Morgan fingerprint density at radius 1 is 1.25 bits per heavy atom. The SMILES string of the molecule is NC1=N[C@H](c2ccc(Br)s2)n2c(nc3ccccc32)N1. The normalized spacial score (nSPS) is 17.6. The topological polar surface area (TPSA) is 68.2 Å². The summed E-state index contributed by atoms with van der Waals surface area (Å²) in [7, 11) is 0. The summed E-state index contributed by atoms with van der Waals surface area (Å²) >= 11 is 5.14. The minimum absolute atomic E-state index is 0.171. The maximum atomic E-state index is 5.88. The minimum Gasteiger partial charge on any atom is -0.370 e. The zero-order valence-electron chi connectivity index (χ0n) is 10.2. The lowest BCUT2D eigenvalue weighted by Crippen LogP contribution is -2.31. The van der Waals surface area contributed by atoms with E-state index in [0.717, 1.165) is 25.6 Å². The average molecular weight is 348 g/mol. The Balaban J connectivity index is 1.98. The summed E-state index contributed by atoms with van der Waals surface area (Å²) in [5.74, 6) is 1.12. The Bertz CT molecular complexity index is 834. The van der Waals surface area contributed by atoms with E-state index in [1.807, 2.05) is 30.3 Å². The van der Waals surface area contributed by atoms with Crippen LogP contribution in [0.1, 0.15) is 11.0 Å². The third-order valence-corrected chi connectivity index (χ3v) is 4.85. The van der Waals surface area contributed by atoms with E-state index in [9.17, 15) is 0 Å². The summed E-state index contributed by atoms with van der Waals surface area (Å²) in [5.41, 5.74) is 7.86. The molecule has 7 heteroatoms. The van der Waals surface area contributed by atoms with Crippen LogP contribution in [0.3, 0.4) is 0 Å². The standard InChI is InChI=1S/C13H10BrN5S/c14-10-6-5-9(20-10)11-17-12(15)18-13-16-7-3-1-2-4-8(7)19(11)13/h1-6,11H,(H3,15,16,17,18)/t11-/m0/s1. The molecule has 100 valence electrons. The number of benzene rings is 1. The number of para-hydroxylation sites is 2. The molecule has 3 aromatic rings. The van der Waals surface area contributed by atoms with Crippen LogP contribution in [0.15, 0.2) is 45.2 Å². The van der Waals surface area contributed by atoms with Gasteiger partial charge in [-0.15, -0.1) is 11.3 Å². The zero-order chi connectivity index (χ0) is 13.7. The van der Waals surface area contributed by atoms with Gasteiger partial charge in [0.05, 0.1) is 19.7 Å². The maximum absolute atomic E-state index is 5.88. The smallest absolute Gasteiger partial charge is 0.212 e. The Labute approximate surface area is 127 Å². The average Bonchev–Trinajstić information content (AvgIpc) is 3.00. The number of thiophene rings is 1. The molecule has 0 bridgehead atoms. The Hall–Kier alpha value is -1.86. The van der Waals surface area contributed by atoms with Gasteiger partial charge < -0.3 is 5.73 Å². The number of nitrogens with zero attached hydrogens (tertiary/aromatic N) is 3. The van der Waals surface area contributed by atoms with Crippen LogP contribution < -0.4 is 11.1 Å². The molecular weight excluding hydrogens is 338 g/mol. The Morgan fingerprint density at radius 3 is 2.90 bits per heavy atom. The lowest BCUT2D eigenvalue weighted by Gasteiger charge is -2.22. The molecule has 2 aromatic heterocycles. The summed E-state index contributed by atoms with van der Waals surface area (Å²) in [5, 5.41) is 3.03. The summed E-state index contributed by atoms with van der Waals surface area (Å²) in [4.78, 5) is 10.2. The summed E-state index contributed by atoms with van der Waals surface area (Å²) in [6.07, 6.45) is -0.171. The number of hydrogen-bond donors (Lipinski definition) is 2. The van der Waals surface area contributed by atoms with Crippen LogP contribution in [0.5, 0.6) is 0 Å². The number of nitrogens with two attached hydrogens (primary N) is 1. The van der Waals surface area contributed by atoms with Gasteiger partial charge in [-0.2, -0.15) is 0 Å². The number of aliphatic imine (C=N–C) groups is 1. The second kappa shape index (κ2) is 4.32. The van der Waals surface area contributed by atoms with Crippen molar-refractivity contribution in [1.29, 1.82) is 0 Å². The van der Waals surface area contributed by atoms with Crippen LogP contribution in [0, 0.1) is 0 Å². The first-order valence-corrected chi connectivity index (χ1v) is 7.66. The van der Waals surface area contributed by atoms with E-state index in [4.69, 9.17) is 5.73 Å². The van der Waals surface area contributed by atoms with Gasteiger partial charge in [-0.05, 0) is 40.2 Å². The van der Waals surface area contributed by atoms with E-state index in [0.29, 0.717) is 5.96 Å². The highest BCUT2D eigenvalue weighted by Gasteiger charge is 2.25.